The minimum absolute atomic E-state index is 0.0105. The molecule has 4 heteroatoms. The molecule has 0 bridgehead atoms. The quantitative estimate of drug-likeness (QED) is 0.791. The molecule has 2 amide bonds. The summed E-state index contributed by atoms with van der Waals surface area (Å²) >= 11 is 0. The Morgan fingerprint density at radius 3 is 2.16 bits per heavy atom. The van der Waals surface area contributed by atoms with Crippen LogP contribution in [0.2, 0.25) is 0 Å². The number of hydrogen-bond donors (Lipinski definition) is 1. The van der Waals surface area contributed by atoms with Crippen LogP contribution in [0.15, 0.2) is 0 Å². The molecule has 0 aromatic carbocycles. The van der Waals surface area contributed by atoms with E-state index in [2.05, 4.69) is 5.32 Å². The van der Waals surface area contributed by atoms with Gasteiger partial charge in [0.05, 0.1) is 0 Å². The van der Waals surface area contributed by atoms with E-state index in [4.69, 9.17) is 0 Å². The summed E-state index contributed by atoms with van der Waals surface area (Å²) in [4.78, 5) is 26.8. The minimum Gasteiger partial charge on any atom is -0.352 e. The van der Waals surface area contributed by atoms with Crippen LogP contribution in [0, 0.1) is 5.41 Å². The van der Waals surface area contributed by atoms with Gasteiger partial charge in [0.25, 0.3) is 0 Å². The monoisotopic (exact) mass is 264 g/mol. The zero-order valence-electron chi connectivity index (χ0n) is 11.6. The maximum atomic E-state index is 12.5. The molecule has 0 radical (unpaired) electrons. The van der Waals surface area contributed by atoms with Crippen LogP contribution in [0.4, 0.5) is 0 Å². The Hall–Kier alpha value is -1.06. The molecule has 2 saturated carbocycles. The lowest BCUT2D eigenvalue weighted by atomic mass is 9.94. The molecular weight excluding hydrogens is 240 g/mol. The lowest BCUT2D eigenvalue weighted by Gasteiger charge is -2.27. The van der Waals surface area contributed by atoms with Crippen LogP contribution in [0.3, 0.4) is 0 Å². The summed E-state index contributed by atoms with van der Waals surface area (Å²) in [7, 11) is 0. The first-order valence-corrected chi connectivity index (χ1v) is 7.83. The normalized spacial score (nSPS) is 26.2. The van der Waals surface area contributed by atoms with E-state index >= 15 is 0 Å². The Labute approximate surface area is 114 Å². The number of nitrogens with zero attached hydrogens (tertiary/aromatic N) is 1. The highest BCUT2D eigenvalue weighted by Gasteiger charge is 2.58. The fraction of sp³-hybridized carbons (Fsp3) is 0.867. The van der Waals surface area contributed by atoms with Crippen molar-refractivity contribution < 1.29 is 9.59 Å². The average Bonchev–Trinajstić information content (AvgIpc) is 3.07. The van der Waals surface area contributed by atoms with Gasteiger partial charge >= 0.3 is 0 Å². The Balaban J connectivity index is 1.60. The van der Waals surface area contributed by atoms with E-state index in [9.17, 15) is 9.59 Å². The second-order valence-corrected chi connectivity index (χ2v) is 6.39. The number of carbonyl (C=O) groups is 2. The summed E-state index contributed by atoms with van der Waals surface area (Å²) in [6, 6.07) is 0.310. The van der Waals surface area contributed by atoms with E-state index in [-0.39, 0.29) is 11.8 Å². The number of nitrogens with one attached hydrogen (secondary N) is 1. The van der Waals surface area contributed by atoms with Gasteiger partial charge in [-0.15, -0.1) is 0 Å². The fourth-order valence-corrected chi connectivity index (χ4v) is 3.46. The highest BCUT2D eigenvalue weighted by atomic mass is 16.2. The molecule has 0 aromatic heterocycles. The maximum Gasteiger partial charge on any atom is 0.238 e. The van der Waals surface area contributed by atoms with Crippen molar-refractivity contribution in [3.05, 3.63) is 0 Å². The Morgan fingerprint density at radius 1 is 0.947 bits per heavy atom. The second kappa shape index (κ2) is 5.14. The van der Waals surface area contributed by atoms with E-state index in [1.807, 2.05) is 4.90 Å². The molecule has 1 N–H and O–H groups in total. The maximum absolute atomic E-state index is 12.5. The SMILES string of the molecule is O=C(NC1CCCCC1)C1(C(=O)N2CCCC2)CC1. The van der Waals surface area contributed by atoms with Crippen molar-refractivity contribution in [3.8, 4) is 0 Å². The lowest BCUT2D eigenvalue weighted by Crippen LogP contribution is -2.47. The van der Waals surface area contributed by atoms with Crippen molar-refractivity contribution in [1.82, 2.24) is 10.2 Å². The summed E-state index contributed by atoms with van der Waals surface area (Å²) in [6.07, 6.45) is 9.54. The number of hydrogen-bond acceptors (Lipinski definition) is 2. The molecule has 3 fully saturated rings. The first-order valence-electron chi connectivity index (χ1n) is 7.83. The zero-order chi connectivity index (χ0) is 13.3. The minimum atomic E-state index is -0.679. The van der Waals surface area contributed by atoms with Crippen molar-refractivity contribution in [2.24, 2.45) is 5.41 Å². The third kappa shape index (κ3) is 2.49. The molecule has 106 valence electrons. The number of carbonyl (C=O) groups excluding carboxylic acids is 2. The first-order chi connectivity index (χ1) is 9.22. The summed E-state index contributed by atoms with van der Waals surface area (Å²) in [5, 5.41) is 3.14. The molecule has 2 aliphatic carbocycles. The summed E-state index contributed by atoms with van der Waals surface area (Å²) in [5.41, 5.74) is -0.679. The summed E-state index contributed by atoms with van der Waals surface area (Å²) < 4.78 is 0. The van der Waals surface area contributed by atoms with Crippen LogP contribution >= 0.6 is 0 Å². The van der Waals surface area contributed by atoms with E-state index in [0.717, 1.165) is 51.6 Å². The molecule has 1 heterocycles. The van der Waals surface area contributed by atoms with Crippen LogP contribution in [0.1, 0.15) is 57.8 Å². The van der Waals surface area contributed by atoms with Gasteiger partial charge in [0, 0.05) is 19.1 Å². The van der Waals surface area contributed by atoms with Gasteiger partial charge in [0.1, 0.15) is 5.41 Å². The Kier molecular flexibility index (Phi) is 3.50. The average molecular weight is 264 g/mol. The zero-order valence-corrected chi connectivity index (χ0v) is 11.6. The molecule has 0 atom stereocenters. The van der Waals surface area contributed by atoms with Gasteiger partial charge in [-0.1, -0.05) is 19.3 Å². The predicted octanol–water partition coefficient (Wildman–Crippen LogP) is 1.84. The van der Waals surface area contributed by atoms with Crippen LogP contribution in [-0.4, -0.2) is 35.8 Å². The van der Waals surface area contributed by atoms with Crippen LogP contribution < -0.4 is 5.32 Å². The van der Waals surface area contributed by atoms with Crippen molar-refractivity contribution >= 4 is 11.8 Å². The number of rotatable bonds is 3. The van der Waals surface area contributed by atoms with Gasteiger partial charge < -0.3 is 10.2 Å². The Bertz CT molecular complexity index is 364. The number of likely N-dealkylation sites (tertiary alicyclic amines) is 1. The highest BCUT2D eigenvalue weighted by Crippen LogP contribution is 2.48. The van der Waals surface area contributed by atoms with E-state index in [0.29, 0.717) is 6.04 Å². The third-order valence-corrected chi connectivity index (χ3v) is 4.93. The van der Waals surface area contributed by atoms with Crippen molar-refractivity contribution in [2.45, 2.75) is 63.8 Å². The largest absolute Gasteiger partial charge is 0.352 e. The van der Waals surface area contributed by atoms with Gasteiger partial charge in [-0.2, -0.15) is 0 Å². The molecule has 0 unspecified atom stereocenters. The molecule has 1 saturated heterocycles. The predicted molar refractivity (Wildman–Crippen MR) is 72.5 cm³/mol. The number of amides is 2. The van der Waals surface area contributed by atoms with Gasteiger partial charge in [0.15, 0.2) is 0 Å². The van der Waals surface area contributed by atoms with Gasteiger partial charge in [-0.05, 0) is 38.5 Å². The van der Waals surface area contributed by atoms with Crippen LogP contribution in [0.25, 0.3) is 0 Å². The van der Waals surface area contributed by atoms with Gasteiger partial charge in [0.2, 0.25) is 11.8 Å². The molecule has 3 rings (SSSR count). The molecule has 0 spiro atoms. The van der Waals surface area contributed by atoms with Crippen molar-refractivity contribution in [2.75, 3.05) is 13.1 Å². The van der Waals surface area contributed by atoms with Gasteiger partial charge in [-0.3, -0.25) is 9.59 Å². The molecule has 4 nitrogen and oxygen atoms in total. The lowest BCUT2D eigenvalue weighted by molar-refractivity contribution is -0.143. The van der Waals surface area contributed by atoms with Crippen LogP contribution in [0.5, 0.6) is 0 Å². The molecule has 0 aromatic rings. The third-order valence-electron chi connectivity index (χ3n) is 4.93. The smallest absolute Gasteiger partial charge is 0.238 e. The summed E-state index contributed by atoms with van der Waals surface area (Å²) in [5.74, 6) is 0.106. The second-order valence-electron chi connectivity index (χ2n) is 6.39. The first kappa shape index (κ1) is 12.9. The van der Waals surface area contributed by atoms with Gasteiger partial charge in [-0.25, -0.2) is 0 Å². The van der Waals surface area contributed by atoms with E-state index in [1.54, 1.807) is 0 Å². The highest BCUT2D eigenvalue weighted by molar-refractivity contribution is 6.08. The topological polar surface area (TPSA) is 49.4 Å². The molecule has 3 aliphatic rings. The Morgan fingerprint density at radius 2 is 1.58 bits per heavy atom. The molecule has 19 heavy (non-hydrogen) atoms. The van der Waals surface area contributed by atoms with Crippen molar-refractivity contribution in [1.29, 1.82) is 0 Å². The fourth-order valence-electron chi connectivity index (χ4n) is 3.46. The van der Waals surface area contributed by atoms with E-state index < -0.39 is 5.41 Å². The van der Waals surface area contributed by atoms with Crippen molar-refractivity contribution in [3.63, 3.8) is 0 Å². The van der Waals surface area contributed by atoms with Crippen LogP contribution in [-0.2, 0) is 9.59 Å². The van der Waals surface area contributed by atoms with E-state index in [1.165, 1.54) is 19.3 Å². The molecule has 1 aliphatic heterocycles. The summed E-state index contributed by atoms with van der Waals surface area (Å²) in [6.45, 7) is 1.69. The molecular formula is C15H24N2O2. The standard InChI is InChI=1S/C15H24N2O2/c18-13(16-12-6-2-1-3-7-12)15(8-9-15)14(19)17-10-4-5-11-17/h12H,1-11H2,(H,16,18).